The van der Waals surface area contributed by atoms with E-state index >= 15 is 0 Å². The van der Waals surface area contributed by atoms with Crippen molar-refractivity contribution < 1.29 is 5.11 Å². The van der Waals surface area contributed by atoms with Crippen molar-refractivity contribution in [3.8, 4) is 5.75 Å². The van der Waals surface area contributed by atoms with Crippen molar-refractivity contribution >= 4 is 23.0 Å². The number of rotatable bonds is 3. The molecule has 6 heteroatoms. The number of fused-ring (bicyclic) bond motifs is 1. The summed E-state index contributed by atoms with van der Waals surface area (Å²) in [6.45, 7) is 0. The highest BCUT2D eigenvalue weighted by atomic mass is 16.3. The second kappa shape index (κ2) is 5.73. The number of hydrogen-bond acceptors (Lipinski definition) is 6. The number of aromatic nitrogens is 2. The molecule has 0 saturated carbocycles. The summed E-state index contributed by atoms with van der Waals surface area (Å²) in [5.74, 6) is 1.77. The summed E-state index contributed by atoms with van der Waals surface area (Å²) in [7, 11) is 0. The first-order chi connectivity index (χ1) is 11.7. The highest BCUT2D eigenvalue weighted by molar-refractivity contribution is 5.68. The average molecular weight is 319 g/mol. The van der Waals surface area contributed by atoms with E-state index in [1.54, 1.807) is 18.2 Å². The van der Waals surface area contributed by atoms with E-state index < -0.39 is 0 Å². The van der Waals surface area contributed by atoms with Crippen LogP contribution in [0.2, 0.25) is 0 Å². The van der Waals surface area contributed by atoms with Gasteiger partial charge in [-0.3, -0.25) is 0 Å². The monoisotopic (exact) mass is 319 g/mol. The van der Waals surface area contributed by atoms with Gasteiger partial charge in [-0.2, -0.15) is 0 Å². The molecule has 0 spiro atoms. The minimum absolute atomic E-state index is 0.116. The molecule has 3 aromatic rings. The minimum Gasteiger partial charge on any atom is -0.508 e. The molecule has 1 aromatic heterocycles. The van der Waals surface area contributed by atoms with Gasteiger partial charge in [0.15, 0.2) is 0 Å². The maximum atomic E-state index is 9.60. The van der Waals surface area contributed by atoms with Gasteiger partial charge in [0.2, 0.25) is 0 Å². The fraction of sp³-hybridized carbons (Fsp3) is 0.111. The van der Waals surface area contributed by atoms with Gasteiger partial charge in [-0.25, -0.2) is 9.97 Å². The summed E-state index contributed by atoms with van der Waals surface area (Å²) >= 11 is 0. The van der Waals surface area contributed by atoms with Crippen LogP contribution < -0.4 is 16.4 Å². The lowest BCUT2D eigenvalue weighted by Gasteiger charge is -2.11. The normalized spacial score (nSPS) is 15.6. The van der Waals surface area contributed by atoms with E-state index in [1.165, 1.54) is 6.33 Å². The first-order valence-electron chi connectivity index (χ1n) is 7.71. The molecule has 0 amide bonds. The Kier molecular flexibility index (Phi) is 3.42. The molecule has 2 heterocycles. The van der Waals surface area contributed by atoms with Gasteiger partial charge >= 0.3 is 0 Å². The number of benzene rings is 2. The van der Waals surface area contributed by atoms with E-state index in [-0.39, 0.29) is 11.8 Å². The van der Waals surface area contributed by atoms with Gasteiger partial charge in [0.25, 0.3) is 0 Å². The molecule has 1 aliphatic heterocycles. The number of nitrogen functional groups attached to an aromatic ring is 1. The van der Waals surface area contributed by atoms with Crippen LogP contribution >= 0.6 is 0 Å². The number of phenols is 1. The summed E-state index contributed by atoms with van der Waals surface area (Å²) in [4.78, 5) is 8.69. The van der Waals surface area contributed by atoms with E-state index in [4.69, 9.17) is 5.73 Å². The molecular weight excluding hydrogens is 302 g/mol. The minimum atomic E-state index is 0.116. The van der Waals surface area contributed by atoms with Gasteiger partial charge in [0, 0.05) is 29.4 Å². The molecule has 2 aromatic carbocycles. The van der Waals surface area contributed by atoms with Crippen LogP contribution in [0.15, 0.2) is 54.9 Å². The second-order valence-corrected chi connectivity index (χ2v) is 5.80. The molecular formula is C18H17N5O. The van der Waals surface area contributed by atoms with Crippen LogP contribution in [0.25, 0.3) is 0 Å². The third-order valence-corrected chi connectivity index (χ3v) is 4.09. The maximum Gasteiger partial charge on any atom is 0.139 e. The van der Waals surface area contributed by atoms with Crippen molar-refractivity contribution in [3.63, 3.8) is 0 Å². The third kappa shape index (κ3) is 2.69. The van der Waals surface area contributed by atoms with Crippen LogP contribution in [0.1, 0.15) is 17.2 Å². The number of anilines is 4. The Bertz CT molecular complexity index is 896. The predicted octanol–water partition coefficient (Wildman–Crippen LogP) is 3.22. The van der Waals surface area contributed by atoms with E-state index in [0.29, 0.717) is 0 Å². The van der Waals surface area contributed by atoms with Gasteiger partial charge in [0.1, 0.15) is 23.7 Å². The van der Waals surface area contributed by atoms with E-state index in [0.717, 1.165) is 40.6 Å². The molecule has 4 rings (SSSR count). The molecule has 6 nitrogen and oxygen atoms in total. The van der Waals surface area contributed by atoms with E-state index in [1.807, 2.05) is 24.3 Å². The molecule has 1 aliphatic rings. The Morgan fingerprint density at radius 2 is 2.00 bits per heavy atom. The number of nitrogens with one attached hydrogen (secondary N) is 2. The number of aromatic hydroxyl groups is 1. The molecule has 0 fully saturated rings. The fourth-order valence-electron chi connectivity index (χ4n) is 2.96. The third-order valence-electron chi connectivity index (χ3n) is 4.09. The molecule has 24 heavy (non-hydrogen) atoms. The summed E-state index contributed by atoms with van der Waals surface area (Å²) in [5.41, 5.74) is 9.55. The number of phenolic OH excluding ortho intramolecular Hbond substituents is 1. The topological polar surface area (TPSA) is 96.1 Å². The predicted molar refractivity (Wildman–Crippen MR) is 94.3 cm³/mol. The number of nitrogens with two attached hydrogens (primary N) is 1. The van der Waals surface area contributed by atoms with Crippen molar-refractivity contribution in [1.82, 2.24) is 9.97 Å². The maximum absolute atomic E-state index is 9.60. The van der Waals surface area contributed by atoms with Crippen LogP contribution in [-0.2, 0) is 6.42 Å². The summed E-state index contributed by atoms with van der Waals surface area (Å²) in [6.07, 6.45) is 2.29. The quantitative estimate of drug-likeness (QED) is 0.554. The van der Waals surface area contributed by atoms with Gasteiger partial charge in [-0.05, 0) is 29.8 Å². The summed E-state index contributed by atoms with van der Waals surface area (Å²) in [5, 5.41) is 16.3. The Balaban J connectivity index is 1.62. The zero-order valence-electron chi connectivity index (χ0n) is 12.9. The summed E-state index contributed by atoms with van der Waals surface area (Å²) < 4.78 is 0. The van der Waals surface area contributed by atoms with E-state index in [2.05, 4.69) is 26.7 Å². The lowest BCUT2D eigenvalue weighted by atomic mass is 10.0. The Hall–Kier alpha value is -3.28. The molecule has 0 radical (unpaired) electrons. The van der Waals surface area contributed by atoms with Crippen molar-refractivity contribution in [3.05, 3.63) is 66.0 Å². The van der Waals surface area contributed by atoms with Gasteiger partial charge < -0.3 is 21.5 Å². The van der Waals surface area contributed by atoms with Gasteiger partial charge in [0.05, 0.1) is 6.04 Å². The van der Waals surface area contributed by atoms with Crippen LogP contribution in [-0.4, -0.2) is 15.1 Å². The lowest BCUT2D eigenvalue weighted by Crippen LogP contribution is -2.06. The molecule has 1 unspecified atom stereocenters. The Morgan fingerprint density at radius 1 is 1.12 bits per heavy atom. The Labute approximate surface area is 139 Å². The smallest absolute Gasteiger partial charge is 0.139 e. The van der Waals surface area contributed by atoms with Crippen molar-refractivity contribution in [2.45, 2.75) is 12.5 Å². The van der Waals surface area contributed by atoms with Gasteiger partial charge in [-0.15, -0.1) is 0 Å². The second-order valence-electron chi connectivity index (χ2n) is 5.80. The van der Waals surface area contributed by atoms with Crippen LogP contribution in [0.5, 0.6) is 5.75 Å². The van der Waals surface area contributed by atoms with E-state index in [9.17, 15) is 5.11 Å². The molecule has 0 saturated heterocycles. The molecule has 1 atom stereocenters. The van der Waals surface area contributed by atoms with Crippen LogP contribution in [0.4, 0.5) is 23.0 Å². The van der Waals surface area contributed by atoms with Crippen molar-refractivity contribution in [1.29, 1.82) is 0 Å². The summed E-state index contributed by atoms with van der Waals surface area (Å²) in [6, 6.07) is 14.9. The molecule has 5 N–H and O–H groups in total. The zero-order valence-corrected chi connectivity index (χ0v) is 12.9. The average Bonchev–Trinajstić information content (AvgIpc) is 3.00. The zero-order chi connectivity index (χ0) is 16.5. The SMILES string of the molecule is Nc1cccc(C2Cc3c(Nc4cccc(O)c4)ncnc3N2)c1. The van der Waals surface area contributed by atoms with Crippen molar-refractivity contribution in [2.24, 2.45) is 0 Å². The van der Waals surface area contributed by atoms with Crippen molar-refractivity contribution in [2.75, 3.05) is 16.4 Å². The van der Waals surface area contributed by atoms with Crippen LogP contribution in [0, 0.1) is 0 Å². The first-order valence-corrected chi connectivity index (χ1v) is 7.71. The number of hydrogen-bond donors (Lipinski definition) is 4. The highest BCUT2D eigenvalue weighted by Crippen LogP contribution is 2.37. The standard InChI is InChI=1S/C18H17N5O/c19-12-4-1-3-11(7-12)16-9-15-17(20-10-21-18(15)23-16)22-13-5-2-6-14(24)8-13/h1-8,10,16,24H,9,19H2,(H2,20,21,22,23). The van der Waals surface area contributed by atoms with Crippen LogP contribution in [0.3, 0.4) is 0 Å². The lowest BCUT2D eigenvalue weighted by molar-refractivity contribution is 0.475. The number of nitrogens with zero attached hydrogens (tertiary/aromatic N) is 2. The van der Waals surface area contributed by atoms with Gasteiger partial charge in [-0.1, -0.05) is 18.2 Å². The first kappa shape index (κ1) is 14.3. The molecule has 0 aliphatic carbocycles. The molecule has 0 bridgehead atoms. The Morgan fingerprint density at radius 3 is 2.83 bits per heavy atom. The largest absolute Gasteiger partial charge is 0.508 e. The highest BCUT2D eigenvalue weighted by Gasteiger charge is 2.26. The fourth-order valence-corrected chi connectivity index (χ4v) is 2.96. The molecule has 120 valence electrons.